The zero-order chi connectivity index (χ0) is 22.7. The average molecular weight is 436 g/mol. The Labute approximate surface area is 185 Å². The molecule has 8 nitrogen and oxygen atoms in total. The number of carbonyl (C=O) groups excluding carboxylic acids is 2. The fraction of sp³-hybridized carbons (Fsp3) is 0.250. The van der Waals surface area contributed by atoms with Gasteiger partial charge in [0, 0.05) is 12.7 Å². The molecule has 1 aliphatic heterocycles. The van der Waals surface area contributed by atoms with Crippen molar-refractivity contribution in [3.05, 3.63) is 77.2 Å². The number of nitrogens with zero attached hydrogens (tertiary/aromatic N) is 1. The van der Waals surface area contributed by atoms with E-state index in [4.69, 9.17) is 13.9 Å². The minimum Gasteiger partial charge on any atom is -0.490 e. The van der Waals surface area contributed by atoms with Crippen molar-refractivity contribution in [3.8, 4) is 11.5 Å². The van der Waals surface area contributed by atoms with Crippen molar-refractivity contribution in [3.63, 3.8) is 0 Å². The first-order valence-corrected chi connectivity index (χ1v) is 10.2. The smallest absolute Gasteiger partial charge is 0.373 e. The highest BCUT2D eigenvalue weighted by molar-refractivity contribution is 6.01. The number of para-hydroxylation sites is 1. The molecular weight excluding hydrogens is 412 g/mol. The van der Waals surface area contributed by atoms with Gasteiger partial charge in [0.25, 0.3) is 5.91 Å². The first kappa shape index (κ1) is 21.3. The van der Waals surface area contributed by atoms with Crippen molar-refractivity contribution < 1.29 is 28.2 Å². The highest BCUT2D eigenvalue weighted by atomic mass is 16.5. The molecule has 8 heteroatoms. The van der Waals surface area contributed by atoms with E-state index in [0.717, 1.165) is 11.3 Å². The molecule has 1 atom stereocenters. The lowest BCUT2D eigenvalue weighted by Gasteiger charge is -2.35. The van der Waals surface area contributed by atoms with Crippen molar-refractivity contribution in [1.29, 1.82) is 0 Å². The van der Waals surface area contributed by atoms with Gasteiger partial charge < -0.3 is 28.8 Å². The number of ether oxygens (including phenoxy) is 3. The lowest BCUT2D eigenvalue weighted by Crippen LogP contribution is -2.40. The second-order valence-electron chi connectivity index (χ2n) is 7.19. The SMILES string of the molecule is CCOc1cc(C2Nc3ccccc3C(=O)N2C)ccc1OCc1ccc(C(=O)OC)o1. The Morgan fingerprint density at radius 3 is 2.69 bits per heavy atom. The summed E-state index contributed by atoms with van der Waals surface area (Å²) in [6.07, 6.45) is -0.349. The highest BCUT2D eigenvalue weighted by Crippen LogP contribution is 2.36. The number of amides is 1. The summed E-state index contributed by atoms with van der Waals surface area (Å²) in [7, 11) is 3.05. The largest absolute Gasteiger partial charge is 0.490 e. The van der Waals surface area contributed by atoms with E-state index in [0.29, 0.717) is 29.4 Å². The van der Waals surface area contributed by atoms with E-state index < -0.39 is 5.97 Å². The van der Waals surface area contributed by atoms with Crippen LogP contribution in [0.1, 0.15) is 45.3 Å². The lowest BCUT2D eigenvalue weighted by atomic mass is 10.0. The molecule has 2 aromatic carbocycles. The van der Waals surface area contributed by atoms with E-state index in [1.807, 2.05) is 37.3 Å². The summed E-state index contributed by atoms with van der Waals surface area (Å²) in [6.45, 7) is 2.45. The predicted octanol–water partition coefficient (Wildman–Crippen LogP) is 4.24. The number of hydrogen-bond acceptors (Lipinski definition) is 7. The molecule has 166 valence electrons. The molecule has 2 heterocycles. The number of fused-ring (bicyclic) bond motifs is 1. The quantitative estimate of drug-likeness (QED) is 0.554. The zero-order valence-corrected chi connectivity index (χ0v) is 18.1. The number of furan rings is 1. The predicted molar refractivity (Wildman–Crippen MR) is 117 cm³/mol. The third kappa shape index (κ3) is 4.12. The first-order chi connectivity index (χ1) is 15.5. The van der Waals surface area contributed by atoms with Gasteiger partial charge in [0.1, 0.15) is 18.5 Å². The van der Waals surface area contributed by atoms with Crippen LogP contribution in [0.4, 0.5) is 5.69 Å². The van der Waals surface area contributed by atoms with Crippen LogP contribution in [-0.2, 0) is 11.3 Å². The van der Waals surface area contributed by atoms with Gasteiger partial charge in [0.15, 0.2) is 11.5 Å². The molecule has 1 aliphatic rings. The Kier molecular flexibility index (Phi) is 6.02. The Bertz CT molecular complexity index is 1140. The van der Waals surface area contributed by atoms with E-state index in [1.54, 1.807) is 30.1 Å². The molecule has 0 spiro atoms. The first-order valence-electron chi connectivity index (χ1n) is 10.2. The van der Waals surface area contributed by atoms with Crippen LogP contribution in [0.5, 0.6) is 11.5 Å². The van der Waals surface area contributed by atoms with Crippen LogP contribution < -0.4 is 14.8 Å². The van der Waals surface area contributed by atoms with E-state index in [1.165, 1.54) is 13.2 Å². The Morgan fingerprint density at radius 2 is 1.91 bits per heavy atom. The van der Waals surface area contributed by atoms with Gasteiger partial charge in [-0.05, 0) is 48.9 Å². The molecule has 0 saturated heterocycles. The van der Waals surface area contributed by atoms with Gasteiger partial charge in [-0.25, -0.2) is 4.79 Å². The van der Waals surface area contributed by atoms with Gasteiger partial charge in [0.2, 0.25) is 5.76 Å². The van der Waals surface area contributed by atoms with Crippen molar-refractivity contribution in [2.75, 3.05) is 26.1 Å². The Balaban J connectivity index is 1.55. The van der Waals surface area contributed by atoms with Gasteiger partial charge in [-0.1, -0.05) is 18.2 Å². The number of benzene rings is 2. The number of carbonyl (C=O) groups is 2. The third-order valence-corrected chi connectivity index (χ3v) is 5.16. The van der Waals surface area contributed by atoms with Crippen LogP contribution in [0, 0.1) is 0 Å². The summed E-state index contributed by atoms with van der Waals surface area (Å²) < 4.78 is 21.8. The van der Waals surface area contributed by atoms with E-state index in [2.05, 4.69) is 10.1 Å². The van der Waals surface area contributed by atoms with Crippen LogP contribution >= 0.6 is 0 Å². The summed E-state index contributed by atoms with van der Waals surface area (Å²) in [5.74, 6) is 1.07. The maximum absolute atomic E-state index is 12.8. The zero-order valence-electron chi connectivity index (χ0n) is 18.1. The van der Waals surface area contributed by atoms with Crippen LogP contribution in [0.2, 0.25) is 0 Å². The van der Waals surface area contributed by atoms with Crippen LogP contribution in [0.25, 0.3) is 0 Å². The molecule has 0 saturated carbocycles. The minimum atomic E-state index is -0.546. The monoisotopic (exact) mass is 436 g/mol. The molecule has 4 rings (SSSR count). The second-order valence-corrected chi connectivity index (χ2v) is 7.19. The van der Waals surface area contributed by atoms with Crippen molar-refractivity contribution >= 4 is 17.6 Å². The van der Waals surface area contributed by atoms with Gasteiger partial charge in [-0.15, -0.1) is 0 Å². The normalized spacial score (nSPS) is 15.0. The number of esters is 1. The number of rotatable bonds is 7. The van der Waals surface area contributed by atoms with Crippen molar-refractivity contribution in [2.24, 2.45) is 0 Å². The van der Waals surface area contributed by atoms with Gasteiger partial charge in [-0.3, -0.25) is 4.79 Å². The topological polar surface area (TPSA) is 90.2 Å². The lowest BCUT2D eigenvalue weighted by molar-refractivity contribution is 0.0560. The third-order valence-electron chi connectivity index (χ3n) is 5.16. The van der Waals surface area contributed by atoms with Crippen LogP contribution in [0.3, 0.4) is 0 Å². The molecule has 1 aromatic heterocycles. The maximum Gasteiger partial charge on any atom is 0.373 e. The molecule has 3 aromatic rings. The molecule has 0 aliphatic carbocycles. The highest BCUT2D eigenvalue weighted by Gasteiger charge is 2.30. The molecule has 1 amide bonds. The van der Waals surface area contributed by atoms with Crippen LogP contribution in [0.15, 0.2) is 59.0 Å². The number of nitrogens with one attached hydrogen (secondary N) is 1. The van der Waals surface area contributed by atoms with Crippen molar-refractivity contribution in [1.82, 2.24) is 4.90 Å². The number of hydrogen-bond donors (Lipinski definition) is 1. The van der Waals surface area contributed by atoms with Crippen molar-refractivity contribution in [2.45, 2.75) is 19.7 Å². The minimum absolute atomic E-state index is 0.0538. The molecule has 1 unspecified atom stereocenters. The average Bonchev–Trinajstić information content (AvgIpc) is 3.29. The van der Waals surface area contributed by atoms with E-state index >= 15 is 0 Å². The summed E-state index contributed by atoms with van der Waals surface area (Å²) in [6, 6.07) is 16.2. The van der Waals surface area contributed by atoms with Gasteiger partial charge in [-0.2, -0.15) is 0 Å². The summed E-state index contributed by atoms with van der Waals surface area (Å²) >= 11 is 0. The fourth-order valence-electron chi connectivity index (χ4n) is 3.55. The van der Waals surface area contributed by atoms with Crippen LogP contribution in [-0.4, -0.2) is 37.5 Å². The summed E-state index contributed by atoms with van der Waals surface area (Å²) in [5.41, 5.74) is 2.29. The standard InChI is InChI=1S/C24H24N2O6/c1-4-30-21-13-15(22-25-18-8-6-5-7-17(18)23(27)26(22)2)9-11-19(21)31-14-16-10-12-20(32-16)24(28)29-3/h5-13,22,25H,4,14H2,1-3H3. The summed E-state index contributed by atoms with van der Waals surface area (Å²) in [5, 5.41) is 3.41. The fourth-order valence-corrected chi connectivity index (χ4v) is 3.55. The molecule has 1 N–H and O–H groups in total. The Morgan fingerprint density at radius 1 is 1.09 bits per heavy atom. The van der Waals surface area contributed by atoms with Gasteiger partial charge >= 0.3 is 5.97 Å². The number of methoxy groups -OCH3 is 1. The van der Waals surface area contributed by atoms with Gasteiger partial charge in [0.05, 0.1) is 19.3 Å². The second kappa shape index (κ2) is 9.05. The molecule has 0 fully saturated rings. The molecule has 0 bridgehead atoms. The molecule has 32 heavy (non-hydrogen) atoms. The molecule has 0 radical (unpaired) electrons. The Hall–Kier alpha value is -3.94. The molecular formula is C24H24N2O6. The van der Waals surface area contributed by atoms with E-state index in [-0.39, 0.29) is 24.4 Å². The maximum atomic E-state index is 12.8. The summed E-state index contributed by atoms with van der Waals surface area (Å²) in [4.78, 5) is 26.0. The number of anilines is 1. The van der Waals surface area contributed by atoms with E-state index in [9.17, 15) is 9.59 Å².